The van der Waals surface area contributed by atoms with E-state index in [1.165, 1.54) is 35.0 Å². The van der Waals surface area contributed by atoms with Crippen molar-refractivity contribution in [1.82, 2.24) is 71.0 Å². The number of benzene rings is 3. The molecule has 0 saturated carbocycles. The van der Waals surface area contributed by atoms with Gasteiger partial charge < -0.3 is 52.5 Å². The fraction of sp³-hybridized carbons (Fsp3) is 0.485. The molecule has 12 atom stereocenters. The van der Waals surface area contributed by atoms with Crippen molar-refractivity contribution in [1.29, 1.82) is 0 Å². The molecule has 33 nitrogen and oxygen atoms in total. The summed E-state index contributed by atoms with van der Waals surface area (Å²) in [6, 6.07) is 20.0. The van der Waals surface area contributed by atoms with Crippen LogP contribution in [-0.2, 0) is 77.5 Å². The van der Waals surface area contributed by atoms with E-state index in [0.717, 1.165) is 65.8 Å². The number of unbranched alkanes of at least 4 members (excludes halogenated alkanes) is 6. The number of halogens is 2. The Kier molecular flexibility index (Phi) is 28.3. The summed E-state index contributed by atoms with van der Waals surface area (Å²) in [5, 5.41) is 13.3. The SMILES string of the molecule is CC(C)[C@H](NC(=O)CCCCCN1NNC2=C1c1ccccc1N(C(=O)CCCCC(=O)NCCCCCCO[P+](=O)S)Cc1ccccc12)C(=O)N[C@@H](C)C(=O)Nc1ccc(CSP(=O)(OC[C@@H]2C[C@@H](F)[C@H](n3cnc4c(N)ncnc43)O2)O[C@H]2[C@@H](F)[C@H](n3cnc4c(N)ncnc43)O[C@@H]2CO[P+](=O)O)cc1. The first-order chi connectivity index (χ1) is 52.0. The Bertz CT molecular complexity index is 4460. The van der Waals surface area contributed by atoms with Crippen LogP contribution in [0.5, 0.6) is 0 Å². The molecule has 578 valence electrons. The van der Waals surface area contributed by atoms with Crippen LogP contribution in [0.4, 0.5) is 31.8 Å². The van der Waals surface area contributed by atoms with Crippen molar-refractivity contribution in [2.75, 3.05) is 54.6 Å². The van der Waals surface area contributed by atoms with E-state index in [0.29, 0.717) is 87.4 Å². The molecule has 40 heteroatoms. The largest absolute Gasteiger partial charge is 0.694 e. The van der Waals surface area contributed by atoms with Gasteiger partial charge in [-0.05, 0) is 96.6 Å². The lowest BCUT2D eigenvalue weighted by Crippen LogP contribution is -2.53. The maximum atomic E-state index is 17.0. The summed E-state index contributed by atoms with van der Waals surface area (Å²) in [7, 11) is -5.12. The number of para-hydroxylation sites is 1. The van der Waals surface area contributed by atoms with E-state index < -0.39 is 103 Å². The minimum Gasteiger partial charge on any atom is -0.382 e. The molecule has 7 aromatic rings. The third-order valence-corrected chi connectivity index (χ3v) is 23.3. The lowest BCUT2D eigenvalue weighted by molar-refractivity contribution is -0.131. The fourth-order valence-electron chi connectivity index (χ4n) is 12.9. The third-order valence-electron chi connectivity index (χ3n) is 18.5. The number of nitrogens with two attached hydrogens (primary N) is 2. The van der Waals surface area contributed by atoms with Crippen LogP contribution in [-0.4, -0.2) is 154 Å². The second-order valence-corrected chi connectivity index (χ2v) is 33.0. The summed E-state index contributed by atoms with van der Waals surface area (Å²) in [6.07, 6.45) is 0.611. The maximum absolute atomic E-state index is 17.0. The Balaban J connectivity index is 0.656. The highest BCUT2D eigenvalue weighted by Crippen LogP contribution is 2.64. The van der Waals surface area contributed by atoms with Crippen LogP contribution in [0, 0.1) is 5.92 Å². The molecule has 4 aliphatic heterocycles. The average Bonchev–Trinajstić information content (AvgIpc) is 1.41. The molecule has 0 aliphatic carbocycles. The number of thiol groups is 1. The number of nitrogens with one attached hydrogen (secondary N) is 6. The number of amides is 5. The van der Waals surface area contributed by atoms with Gasteiger partial charge in [0.25, 0.3) is 0 Å². The third kappa shape index (κ3) is 20.6. The van der Waals surface area contributed by atoms with Crippen molar-refractivity contribution in [2.24, 2.45) is 5.92 Å². The van der Waals surface area contributed by atoms with Crippen LogP contribution in [0.3, 0.4) is 0 Å². The van der Waals surface area contributed by atoms with Gasteiger partial charge in [-0.15, -0.1) is 19.5 Å². The van der Waals surface area contributed by atoms with Crippen LogP contribution in [0.25, 0.3) is 33.7 Å². The summed E-state index contributed by atoms with van der Waals surface area (Å²) in [5.74, 6) is -2.02. The van der Waals surface area contributed by atoms with Gasteiger partial charge in [0.2, 0.25) is 29.5 Å². The minimum absolute atomic E-state index is 0.00850. The lowest BCUT2D eigenvalue weighted by Gasteiger charge is -2.31. The van der Waals surface area contributed by atoms with E-state index in [1.54, 1.807) is 38.1 Å². The van der Waals surface area contributed by atoms with Gasteiger partial charge in [-0.25, -0.2) is 43.2 Å². The van der Waals surface area contributed by atoms with Crippen molar-refractivity contribution >= 4 is 132 Å². The zero-order valence-corrected chi connectivity index (χ0v) is 63.8. The Morgan fingerprint density at radius 1 is 0.759 bits per heavy atom. The number of imidazole rings is 2. The predicted molar refractivity (Wildman–Crippen MR) is 401 cm³/mol. The molecule has 11 N–H and O–H groups in total. The molecule has 2 fully saturated rings. The van der Waals surface area contributed by atoms with Crippen molar-refractivity contribution in [3.05, 3.63) is 120 Å². The number of nitrogen functional groups attached to an aromatic ring is 2. The number of ether oxygens (including phenoxy) is 2. The minimum atomic E-state index is -4.63. The van der Waals surface area contributed by atoms with Gasteiger partial charge in [0.05, 0.1) is 49.0 Å². The summed E-state index contributed by atoms with van der Waals surface area (Å²) >= 11 is 4.38. The van der Waals surface area contributed by atoms with E-state index in [4.69, 9.17) is 39.0 Å². The number of fused-ring (bicyclic) bond motifs is 6. The van der Waals surface area contributed by atoms with Crippen LogP contribution < -0.4 is 48.6 Å². The van der Waals surface area contributed by atoms with Gasteiger partial charge in [-0.2, -0.15) is 0 Å². The van der Waals surface area contributed by atoms with E-state index in [1.807, 2.05) is 58.4 Å². The van der Waals surface area contributed by atoms with Crippen LogP contribution in [0.2, 0.25) is 0 Å². The van der Waals surface area contributed by atoms with E-state index >= 15 is 13.3 Å². The number of carbonyl (C=O) groups is 5. The summed E-state index contributed by atoms with van der Waals surface area (Å²) in [6.45, 7) is 1.01. The zero-order valence-electron chi connectivity index (χ0n) is 59.4. The van der Waals surface area contributed by atoms with Gasteiger partial charge in [0, 0.05) is 65.9 Å². The Morgan fingerprint density at radius 3 is 2.13 bits per heavy atom. The van der Waals surface area contributed by atoms with Gasteiger partial charge in [-0.1, -0.05) is 87.7 Å². The zero-order chi connectivity index (χ0) is 76.6. The molecule has 11 rings (SSSR count). The second-order valence-electron chi connectivity index (χ2n) is 26.5. The first-order valence-corrected chi connectivity index (χ1v) is 42.0. The predicted octanol–water partition coefficient (Wildman–Crippen LogP) is 9.48. The molecule has 8 heterocycles. The number of alkyl halides is 2. The molecule has 0 spiro atoms. The second kappa shape index (κ2) is 37.9. The van der Waals surface area contributed by atoms with Crippen molar-refractivity contribution in [3.8, 4) is 0 Å². The average molecular weight is 1590 g/mol. The molecule has 5 amide bonds. The van der Waals surface area contributed by atoms with Gasteiger partial charge in [0.15, 0.2) is 41.6 Å². The molecule has 3 unspecified atom stereocenters. The standard InChI is InChI=1S/C68H85F2N18O15P3S2/c1-40(2)55(82-52(90)22-7-6-15-29-88-59-47-19-10-11-20-49(47)85(32-43-17-8-9-18-46(43)56(59)83-84-88)53(91)23-13-12-21-51(89)73-28-14-4-5-16-30-98-105(96)107)66(93)80-41(3)65(92)81-44-26-24-42(25-27-44)35-108-106(97,100-33-45-31-48(69)67(101-45)86-38-78-57-61(71)74-36-76-63(57)86)103-60-50(34-99-104(94)95)102-68(54(60)70)87-39-79-58-62(72)75-37-77-64(58)87/h8-11,17-20,24-27,36-41,45,48,50,54-55,60,67-68,83-84H,4-7,12-16,21-23,28-35H2,1-3H3,(H8-2,71,72,73,74,75,76,77,80,81,82,89,90,92,93,94,95,96,107)/p+2/t41-,45-,48+,50+,54+,55-,60+,67+,68+,106?/m0/s1. The highest BCUT2D eigenvalue weighted by atomic mass is 32.7. The number of hydrogen-bond donors (Lipinski definition) is 10. The van der Waals surface area contributed by atoms with E-state index in [-0.39, 0.29) is 82.6 Å². The van der Waals surface area contributed by atoms with Crippen LogP contribution in [0.15, 0.2) is 98.1 Å². The highest BCUT2D eigenvalue weighted by Gasteiger charge is 2.52. The number of hydrazine groups is 2. The molecule has 4 aromatic heterocycles. The van der Waals surface area contributed by atoms with Crippen molar-refractivity contribution in [2.45, 2.75) is 172 Å². The van der Waals surface area contributed by atoms with Gasteiger partial charge in [-0.3, -0.25) is 47.2 Å². The topological polar surface area (TPSA) is 430 Å². The summed E-state index contributed by atoms with van der Waals surface area (Å²) in [5.41, 5.74) is 25.4. The first kappa shape index (κ1) is 80.7. The molecule has 3 aromatic carbocycles. The molecule has 108 heavy (non-hydrogen) atoms. The van der Waals surface area contributed by atoms with Crippen LogP contribution >= 0.6 is 45.9 Å². The number of hydrogen-bond acceptors (Lipinski definition) is 26. The van der Waals surface area contributed by atoms with Crippen LogP contribution in [0.1, 0.15) is 139 Å². The van der Waals surface area contributed by atoms with E-state index in [9.17, 15) is 38.0 Å². The number of rotatable bonds is 38. The van der Waals surface area contributed by atoms with Gasteiger partial charge in [0.1, 0.15) is 79.6 Å². The highest BCUT2D eigenvalue weighted by molar-refractivity contribution is 8.54. The maximum Gasteiger partial charge on any atom is 0.694 e. The smallest absolute Gasteiger partial charge is 0.382 e. The van der Waals surface area contributed by atoms with E-state index in [2.05, 4.69) is 74.4 Å². The molecule has 0 radical (unpaired) electrons. The number of nitrogens with zero attached hydrogens (tertiary/aromatic N) is 10. The van der Waals surface area contributed by atoms with Crippen molar-refractivity contribution < 1.29 is 78.9 Å². The molecular weight excluding hydrogens is 1500 g/mol. The quantitative estimate of drug-likeness (QED) is 0.00977. The molecular formula is C68H87F2N18O15P3S2+2. The summed E-state index contributed by atoms with van der Waals surface area (Å²) in [4.78, 5) is 104. The molecule has 4 aliphatic rings. The number of aromatic nitrogens is 8. The number of anilines is 4. The monoisotopic (exact) mass is 1590 g/mol. The Labute approximate surface area is 631 Å². The fourth-order valence-corrected chi connectivity index (χ4v) is 17.1. The Morgan fingerprint density at radius 2 is 1.42 bits per heavy atom. The lowest BCUT2D eigenvalue weighted by atomic mass is 9.95. The number of carbonyl (C=O) groups excluding carboxylic acids is 5. The molecule has 0 bridgehead atoms. The van der Waals surface area contributed by atoms with Gasteiger partial charge >= 0.3 is 22.3 Å². The van der Waals surface area contributed by atoms with Crippen molar-refractivity contribution in [3.63, 3.8) is 0 Å². The Hall–Kier alpha value is -8.28. The summed E-state index contributed by atoms with van der Waals surface area (Å²) < 4.78 is 108. The first-order valence-electron chi connectivity index (χ1n) is 35.4. The normalized spacial score (nSPS) is 20.4. The molecule has 2 saturated heterocycles.